The molecule has 0 saturated heterocycles. The topological polar surface area (TPSA) is 29.9 Å². The summed E-state index contributed by atoms with van der Waals surface area (Å²) in [5.74, 6) is 0. The predicted octanol–water partition coefficient (Wildman–Crippen LogP) is 3.56. The highest BCUT2D eigenvalue weighted by molar-refractivity contribution is 5.04. The summed E-state index contributed by atoms with van der Waals surface area (Å²) in [5, 5.41) is 8.41. The Hall–Kier alpha value is -0.830. The molecule has 108 valence electrons. The monoisotopic (exact) mass is 263 g/mol. The molecule has 1 N–H and O–H groups in total. The van der Waals surface area contributed by atoms with Gasteiger partial charge >= 0.3 is 0 Å². The van der Waals surface area contributed by atoms with Gasteiger partial charge in [-0.15, -0.1) is 0 Å². The predicted molar refractivity (Wildman–Crippen MR) is 80.4 cm³/mol. The fourth-order valence-electron chi connectivity index (χ4n) is 2.72. The molecule has 0 aromatic carbocycles. The molecule has 2 rings (SSSR count). The van der Waals surface area contributed by atoms with Crippen LogP contribution in [0.15, 0.2) is 12.3 Å². The van der Waals surface area contributed by atoms with E-state index in [-0.39, 0.29) is 0 Å². The van der Waals surface area contributed by atoms with Crippen molar-refractivity contribution in [3.05, 3.63) is 18.0 Å². The Morgan fingerprint density at radius 3 is 2.74 bits per heavy atom. The van der Waals surface area contributed by atoms with E-state index in [9.17, 15) is 0 Å². The quantitative estimate of drug-likeness (QED) is 0.777. The van der Waals surface area contributed by atoms with Gasteiger partial charge in [0.25, 0.3) is 0 Å². The van der Waals surface area contributed by atoms with Crippen LogP contribution in [0.3, 0.4) is 0 Å². The van der Waals surface area contributed by atoms with Gasteiger partial charge in [0.05, 0.1) is 5.69 Å². The van der Waals surface area contributed by atoms with E-state index in [1.165, 1.54) is 31.4 Å². The number of rotatable bonds is 8. The summed E-state index contributed by atoms with van der Waals surface area (Å²) in [6.45, 7) is 10.2. The summed E-state index contributed by atoms with van der Waals surface area (Å²) < 4.78 is 2.07. The first-order valence-electron chi connectivity index (χ1n) is 7.80. The fraction of sp³-hybridized carbons (Fsp3) is 0.812. The van der Waals surface area contributed by atoms with Crippen LogP contribution in [0.25, 0.3) is 0 Å². The Morgan fingerprint density at radius 2 is 2.21 bits per heavy atom. The van der Waals surface area contributed by atoms with Gasteiger partial charge in [0.15, 0.2) is 0 Å². The SMILES string of the molecule is CCCC(C)(CNC1CC1)Cc1ccn(C(C)C)n1. The highest BCUT2D eigenvalue weighted by Crippen LogP contribution is 2.29. The van der Waals surface area contributed by atoms with Gasteiger partial charge in [0.2, 0.25) is 0 Å². The second kappa shape index (κ2) is 6.08. The van der Waals surface area contributed by atoms with Crippen LogP contribution < -0.4 is 5.32 Å². The maximum Gasteiger partial charge on any atom is 0.0630 e. The minimum absolute atomic E-state index is 0.341. The molecule has 1 aromatic heterocycles. The highest BCUT2D eigenvalue weighted by Gasteiger charge is 2.29. The molecular weight excluding hydrogens is 234 g/mol. The molecule has 1 unspecified atom stereocenters. The molecule has 1 aromatic rings. The molecule has 0 bridgehead atoms. The van der Waals surface area contributed by atoms with Crippen molar-refractivity contribution in [1.29, 1.82) is 0 Å². The molecule has 19 heavy (non-hydrogen) atoms. The molecule has 0 amide bonds. The van der Waals surface area contributed by atoms with Gasteiger partial charge in [0, 0.05) is 24.8 Å². The van der Waals surface area contributed by atoms with Crippen molar-refractivity contribution >= 4 is 0 Å². The van der Waals surface area contributed by atoms with Gasteiger partial charge in [-0.05, 0) is 51.0 Å². The van der Waals surface area contributed by atoms with E-state index in [1.54, 1.807) is 0 Å². The van der Waals surface area contributed by atoms with Gasteiger partial charge in [-0.2, -0.15) is 5.10 Å². The Labute approximate surface area is 117 Å². The number of hydrogen-bond acceptors (Lipinski definition) is 2. The summed E-state index contributed by atoms with van der Waals surface area (Å²) in [6, 6.07) is 3.44. The van der Waals surface area contributed by atoms with E-state index in [0.29, 0.717) is 11.5 Å². The van der Waals surface area contributed by atoms with Crippen molar-refractivity contribution in [3.8, 4) is 0 Å². The Kier molecular flexibility index (Phi) is 4.67. The van der Waals surface area contributed by atoms with Crippen LogP contribution in [0, 0.1) is 5.41 Å². The molecule has 0 spiro atoms. The van der Waals surface area contributed by atoms with Crippen molar-refractivity contribution in [3.63, 3.8) is 0 Å². The van der Waals surface area contributed by atoms with E-state index >= 15 is 0 Å². The first-order chi connectivity index (χ1) is 9.02. The Morgan fingerprint density at radius 1 is 1.47 bits per heavy atom. The molecule has 1 heterocycles. The fourth-order valence-corrected chi connectivity index (χ4v) is 2.72. The second-order valence-electron chi connectivity index (χ2n) is 6.77. The molecule has 1 atom stereocenters. The first kappa shape index (κ1) is 14.6. The zero-order valence-corrected chi connectivity index (χ0v) is 12.9. The smallest absolute Gasteiger partial charge is 0.0630 e. The van der Waals surface area contributed by atoms with Gasteiger partial charge < -0.3 is 5.32 Å². The zero-order valence-electron chi connectivity index (χ0n) is 12.9. The van der Waals surface area contributed by atoms with Crippen molar-refractivity contribution in [2.24, 2.45) is 5.41 Å². The lowest BCUT2D eigenvalue weighted by molar-refractivity contribution is 0.270. The molecule has 1 aliphatic rings. The van der Waals surface area contributed by atoms with Gasteiger partial charge in [-0.3, -0.25) is 4.68 Å². The lowest BCUT2D eigenvalue weighted by atomic mass is 9.81. The van der Waals surface area contributed by atoms with Crippen LogP contribution >= 0.6 is 0 Å². The third-order valence-electron chi connectivity index (χ3n) is 4.05. The zero-order chi connectivity index (χ0) is 13.9. The largest absolute Gasteiger partial charge is 0.313 e. The van der Waals surface area contributed by atoms with E-state index < -0.39 is 0 Å². The van der Waals surface area contributed by atoms with Crippen LogP contribution in [-0.2, 0) is 6.42 Å². The van der Waals surface area contributed by atoms with E-state index in [0.717, 1.165) is 19.0 Å². The van der Waals surface area contributed by atoms with E-state index in [4.69, 9.17) is 5.10 Å². The normalized spacial score (nSPS) is 18.8. The van der Waals surface area contributed by atoms with Crippen molar-refractivity contribution in [2.75, 3.05) is 6.54 Å². The third kappa shape index (κ3) is 4.34. The lowest BCUT2D eigenvalue weighted by Gasteiger charge is -2.29. The molecule has 1 saturated carbocycles. The minimum atomic E-state index is 0.341. The first-order valence-corrected chi connectivity index (χ1v) is 7.80. The average molecular weight is 263 g/mol. The summed E-state index contributed by atoms with van der Waals surface area (Å²) in [5.41, 5.74) is 1.58. The maximum atomic E-state index is 4.71. The molecule has 3 heteroatoms. The van der Waals surface area contributed by atoms with Crippen LogP contribution in [0.4, 0.5) is 0 Å². The molecule has 0 radical (unpaired) electrons. The van der Waals surface area contributed by atoms with Crippen molar-refractivity contribution in [1.82, 2.24) is 15.1 Å². The van der Waals surface area contributed by atoms with E-state index in [2.05, 4.69) is 50.0 Å². The van der Waals surface area contributed by atoms with Crippen LogP contribution in [0.2, 0.25) is 0 Å². The number of nitrogens with one attached hydrogen (secondary N) is 1. The maximum absolute atomic E-state index is 4.71. The summed E-state index contributed by atoms with van der Waals surface area (Å²) >= 11 is 0. The van der Waals surface area contributed by atoms with Crippen molar-refractivity contribution in [2.45, 2.75) is 71.9 Å². The van der Waals surface area contributed by atoms with Crippen molar-refractivity contribution < 1.29 is 0 Å². The van der Waals surface area contributed by atoms with Crippen LogP contribution in [-0.4, -0.2) is 22.4 Å². The highest BCUT2D eigenvalue weighted by atomic mass is 15.3. The standard InChI is InChI=1S/C16H29N3/c1-5-9-16(4,12-17-14-6-7-14)11-15-8-10-19(18-15)13(2)3/h8,10,13-14,17H,5-7,9,11-12H2,1-4H3. The van der Waals surface area contributed by atoms with Gasteiger partial charge in [-0.1, -0.05) is 20.3 Å². The minimum Gasteiger partial charge on any atom is -0.313 e. The van der Waals surface area contributed by atoms with E-state index in [1.807, 2.05) is 0 Å². The lowest BCUT2D eigenvalue weighted by Crippen LogP contribution is -2.35. The molecular formula is C16H29N3. The molecule has 0 aliphatic heterocycles. The van der Waals surface area contributed by atoms with Gasteiger partial charge in [-0.25, -0.2) is 0 Å². The average Bonchev–Trinajstić information content (AvgIpc) is 3.06. The molecule has 1 aliphatic carbocycles. The number of nitrogens with zero attached hydrogens (tertiary/aromatic N) is 2. The number of aromatic nitrogens is 2. The summed E-state index contributed by atoms with van der Waals surface area (Å²) in [6.07, 6.45) is 8.43. The number of hydrogen-bond donors (Lipinski definition) is 1. The van der Waals surface area contributed by atoms with Gasteiger partial charge in [0.1, 0.15) is 0 Å². The summed E-state index contributed by atoms with van der Waals surface area (Å²) in [7, 11) is 0. The third-order valence-corrected chi connectivity index (χ3v) is 4.05. The molecule has 3 nitrogen and oxygen atoms in total. The Bertz CT molecular complexity index is 392. The van der Waals surface area contributed by atoms with Crippen LogP contribution in [0.1, 0.15) is 65.1 Å². The van der Waals surface area contributed by atoms with Crippen LogP contribution in [0.5, 0.6) is 0 Å². The Balaban J connectivity index is 1.96. The molecule has 1 fully saturated rings. The summed E-state index contributed by atoms with van der Waals surface area (Å²) in [4.78, 5) is 0. The second-order valence-corrected chi connectivity index (χ2v) is 6.77.